The lowest BCUT2D eigenvalue weighted by atomic mass is 9.89. The zero-order chi connectivity index (χ0) is 22.5. The SMILES string of the molecule is CCCCCC(C[N+](C)(C)CC=Cc1ccccc1)C(O)c1ccc(CCCC)cc1. The van der Waals surface area contributed by atoms with Gasteiger partial charge in [-0.15, -0.1) is 0 Å². The number of nitrogens with zero attached hydrogens (tertiary/aromatic N) is 1. The average molecular weight is 423 g/mol. The number of aryl methyl sites for hydroxylation is 1. The molecule has 2 nitrogen and oxygen atoms in total. The number of aliphatic hydroxyl groups excluding tert-OH is 1. The Kier molecular flexibility index (Phi) is 11.0. The number of likely N-dealkylation sites (N-methyl/N-ethyl adjacent to an activating group) is 1. The zero-order valence-corrected chi connectivity index (χ0v) is 20.3. The zero-order valence-electron chi connectivity index (χ0n) is 20.3. The topological polar surface area (TPSA) is 20.2 Å². The highest BCUT2D eigenvalue weighted by atomic mass is 16.3. The second-order valence-corrected chi connectivity index (χ2v) is 9.66. The highest BCUT2D eigenvalue weighted by Gasteiger charge is 2.28. The van der Waals surface area contributed by atoms with E-state index in [1.165, 1.54) is 43.2 Å². The molecule has 2 atom stereocenters. The van der Waals surface area contributed by atoms with E-state index in [9.17, 15) is 5.11 Å². The fourth-order valence-corrected chi connectivity index (χ4v) is 4.29. The van der Waals surface area contributed by atoms with Gasteiger partial charge in [0.25, 0.3) is 0 Å². The van der Waals surface area contributed by atoms with Crippen molar-refractivity contribution in [2.24, 2.45) is 5.92 Å². The molecule has 1 N–H and O–H groups in total. The summed E-state index contributed by atoms with van der Waals surface area (Å²) in [5, 5.41) is 11.3. The van der Waals surface area contributed by atoms with E-state index in [0.717, 1.165) is 36.0 Å². The van der Waals surface area contributed by atoms with Crippen LogP contribution in [0, 0.1) is 5.92 Å². The van der Waals surface area contributed by atoms with Gasteiger partial charge in [0.05, 0.1) is 33.3 Å². The first kappa shape index (κ1) is 25.4. The number of aliphatic hydroxyl groups is 1. The first-order valence-corrected chi connectivity index (χ1v) is 12.3. The molecule has 0 radical (unpaired) electrons. The van der Waals surface area contributed by atoms with E-state index in [0.29, 0.717) is 0 Å². The van der Waals surface area contributed by atoms with Crippen molar-refractivity contribution in [3.63, 3.8) is 0 Å². The first-order chi connectivity index (χ1) is 14.9. The predicted molar refractivity (Wildman–Crippen MR) is 135 cm³/mol. The molecule has 2 unspecified atom stereocenters. The summed E-state index contributed by atoms with van der Waals surface area (Å²) < 4.78 is 0.881. The van der Waals surface area contributed by atoms with E-state index < -0.39 is 6.10 Å². The third-order valence-corrected chi connectivity index (χ3v) is 6.20. The van der Waals surface area contributed by atoms with Crippen LogP contribution in [0.25, 0.3) is 6.08 Å². The van der Waals surface area contributed by atoms with Gasteiger partial charge in [0.15, 0.2) is 0 Å². The highest BCUT2D eigenvalue weighted by Crippen LogP contribution is 2.29. The van der Waals surface area contributed by atoms with Crippen molar-refractivity contribution in [1.29, 1.82) is 0 Å². The number of hydrogen-bond acceptors (Lipinski definition) is 1. The van der Waals surface area contributed by atoms with E-state index in [-0.39, 0.29) is 5.92 Å². The fraction of sp³-hybridized carbons (Fsp3) is 0.517. The lowest BCUT2D eigenvalue weighted by Crippen LogP contribution is -2.44. The quantitative estimate of drug-likeness (QED) is 0.255. The number of quaternary nitrogens is 1. The van der Waals surface area contributed by atoms with Gasteiger partial charge in [-0.05, 0) is 42.0 Å². The van der Waals surface area contributed by atoms with E-state index >= 15 is 0 Å². The van der Waals surface area contributed by atoms with Gasteiger partial charge < -0.3 is 9.59 Å². The summed E-state index contributed by atoms with van der Waals surface area (Å²) >= 11 is 0. The molecule has 31 heavy (non-hydrogen) atoms. The number of hydrogen-bond donors (Lipinski definition) is 1. The van der Waals surface area contributed by atoms with Gasteiger partial charge in [0, 0.05) is 5.92 Å². The van der Waals surface area contributed by atoms with Gasteiger partial charge in [0.2, 0.25) is 0 Å². The molecule has 0 saturated heterocycles. The van der Waals surface area contributed by atoms with Crippen molar-refractivity contribution in [1.82, 2.24) is 0 Å². The van der Waals surface area contributed by atoms with Gasteiger partial charge in [-0.2, -0.15) is 0 Å². The lowest BCUT2D eigenvalue weighted by Gasteiger charge is -2.35. The number of unbranched alkanes of at least 4 members (excludes halogenated alkanes) is 3. The van der Waals surface area contributed by atoms with Crippen LogP contribution >= 0.6 is 0 Å². The van der Waals surface area contributed by atoms with Crippen LogP contribution < -0.4 is 0 Å². The summed E-state index contributed by atoms with van der Waals surface area (Å²) in [5.41, 5.74) is 3.69. The molecule has 2 aromatic rings. The second kappa shape index (κ2) is 13.5. The Bertz CT molecular complexity index is 748. The standard InChI is InChI=1S/C29H44NO/c1-5-7-10-18-28(29(31)27-21-19-26(20-22-27)14-8-6-2)24-30(3,4)23-13-17-25-15-11-9-12-16-25/h9,11-13,15-17,19-22,28-29,31H,5-8,10,14,18,23-24H2,1-4H3/q+1. The van der Waals surface area contributed by atoms with Crippen molar-refractivity contribution in [3.8, 4) is 0 Å². The largest absolute Gasteiger partial charge is 0.388 e. The summed E-state index contributed by atoms with van der Waals surface area (Å²) in [4.78, 5) is 0. The molecular weight excluding hydrogens is 378 g/mol. The molecule has 170 valence electrons. The highest BCUT2D eigenvalue weighted by molar-refractivity contribution is 5.48. The fourth-order valence-electron chi connectivity index (χ4n) is 4.29. The monoisotopic (exact) mass is 422 g/mol. The van der Waals surface area contributed by atoms with Gasteiger partial charge >= 0.3 is 0 Å². The summed E-state index contributed by atoms with van der Waals surface area (Å²) in [6.07, 6.45) is 12.4. The van der Waals surface area contributed by atoms with Gasteiger partial charge in [-0.3, -0.25) is 0 Å². The Balaban J connectivity index is 2.04. The maximum atomic E-state index is 11.3. The Labute approximate surface area is 191 Å². The van der Waals surface area contributed by atoms with Crippen molar-refractivity contribution in [2.45, 2.75) is 64.9 Å². The predicted octanol–water partition coefficient (Wildman–Crippen LogP) is 7.05. The summed E-state index contributed by atoms with van der Waals surface area (Å²) in [5.74, 6) is 0.271. The molecule has 0 aliphatic carbocycles. The van der Waals surface area contributed by atoms with Crippen LogP contribution in [-0.2, 0) is 6.42 Å². The molecule has 0 saturated carbocycles. The molecule has 0 aromatic heterocycles. The van der Waals surface area contributed by atoms with Crippen LogP contribution in [0.1, 0.15) is 75.2 Å². The number of rotatable bonds is 14. The molecule has 2 aromatic carbocycles. The minimum absolute atomic E-state index is 0.271. The second-order valence-electron chi connectivity index (χ2n) is 9.66. The Morgan fingerprint density at radius 3 is 2.19 bits per heavy atom. The van der Waals surface area contributed by atoms with Gasteiger partial charge in [0.1, 0.15) is 0 Å². The molecule has 0 aliphatic rings. The van der Waals surface area contributed by atoms with Crippen LogP contribution in [-0.4, -0.2) is 36.8 Å². The molecule has 0 spiro atoms. The maximum absolute atomic E-state index is 11.3. The first-order valence-electron chi connectivity index (χ1n) is 12.3. The van der Waals surface area contributed by atoms with Crippen LogP contribution in [0.5, 0.6) is 0 Å². The van der Waals surface area contributed by atoms with Crippen molar-refractivity contribution in [3.05, 3.63) is 77.4 Å². The minimum Gasteiger partial charge on any atom is -0.388 e. The normalized spacial score (nSPS) is 14.1. The van der Waals surface area contributed by atoms with Gasteiger partial charge in [-0.25, -0.2) is 0 Å². The van der Waals surface area contributed by atoms with Crippen molar-refractivity contribution < 1.29 is 9.59 Å². The molecule has 0 bridgehead atoms. The molecule has 0 heterocycles. The third kappa shape index (κ3) is 9.41. The van der Waals surface area contributed by atoms with E-state index in [1.54, 1.807) is 0 Å². The Hall–Kier alpha value is -1.90. The van der Waals surface area contributed by atoms with E-state index in [1.807, 2.05) is 0 Å². The Morgan fingerprint density at radius 2 is 1.55 bits per heavy atom. The van der Waals surface area contributed by atoms with E-state index in [2.05, 4.69) is 94.7 Å². The van der Waals surface area contributed by atoms with Crippen molar-refractivity contribution in [2.75, 3.05) is 27.2 Å². The van der Waals surface area contributed by atoms with Crippen LogP contribution in [0.4, 0.5) is 0 Å². The lowest BCUT2D eigenvalue weighted by molar-refractivity contribution is -0.888. The molecule has 2 heteroatoms. The van der Waals surface area contributed by atoms with Crippen LogP contribution in [0.3, 0.4) is 0 Å². The van der Waals surface area contributed by atoms with Gasteiger partial charge in [-0.1, -0.05) is 100 Å². The molecule has 2 rings (SSSR count). The number of benzene rings is 2. The molecule has 0 fully saturated rings. The third-order valence-electron chi connectivity index (χ3n) is 6.20. The summed E-state index contributed by atoms with van der Waals surface area (Å²) in [7, 11) is 4.56. The van der Waals surface area contributed by atoms with E-state index in [4.69, 9.17) is 0 Å². The summed E-state index contributed by atoms with van der Waals surface area (Å²) in [6, 6.07) is 19.2. The molecule has 0 amide bonds. The van der Waals surface area contributed by atoms with Crippen molar-refractivity contribution >= 4 is 6.08 Å². The summed E-state index contributed by atoms with van der Waals surface area (Å²) in [6.45, 7) is 6.41. The van der Waals surface area contributed by atoms with Crippen LogP contribution in [0.2, 0.25) is 0 Å². The Morgan fingerprint density at radius 1 is 0.871 bits per heavy atom. The minimum atomic E-state index is -0.396. The maximum Gasteiger partial charge on any atom is 0.0972 e. The smallest absolute Gasteiger partial charge is 0.0972 e. The molecular formula is C29H44NO+. The average Bonchev–Trinajstić information content (AvgIpc) is 2.77. The van der Waals surface area contributed by atoms with Crippen LogP contribution in [0.15, 0.2) is 60.7 Å². The molecule has 0 aliphatic heterocycles.